The van der Waals surface area contributed by atoms with Gasteiger partial charge in [-0.2, -0.15) is 0 Å². The van der Waals surface area contributed by atoms with E-state index in [0.29, 0.717) is 5.71 Å². The zero-order valence-corrected chi connectivity index (χ0v) is 8.62. The van der Waals surface area contributed by atoms with E-state index in [1.54, 1.807) is 31.4 Å². The van der Waals surface area contributed by atoms with Crippen LogP contribution in [0.3, 0.4) is 0 Å². The molecule has 1 aliphatic rings. The largest absolute Gasteiger partial charge is 0.497 e. The molecule has 0 fully saturated rings. The van der Waals surface area contributed by atoms with Crippen LogP contribution in [-0.4, -0.2) is 24.0 Å². The van der Waals surface area contributed by atoms with Crippen molar-refractivity contribution in [2.45, 2.75) is 12.6 Å². The smallest absolute Gasteiger partial charge is 0.380 e. The minimum Gasteiger partial charge on any atom is -0.497 e. The molecular formula is C10H10N2O4. The Morgan fingerprint density at radius 3 is 2.69 bits per heavy atom. The maximum atomic E-state index is 10.5. The Bertz CT molecular complexity index is 427. The average molecular weight is 222 g/mol. The van der Waals surface area contributed by atoms with E-state index in [-0.39, 0.29) is 6.42 Å². The number of nitrogens with zero attached hydrogens (tertiary/aromatic N) is 2. The number of benzene rings is 1. The van der Waals surface area contributed by atoms with Crippen molar-refractivity contribution < 1.29 is 14.5 Å². The number of rotatable bonds is 3. The molecule has 2 rings (SSSR count). The molecule has 0 spiro atoms. The molecular weight excluding hydrogens is 212 g/mol. The quantitative estimate of drug-likeness (QED) is 0.572. The fraction of sp³-hybridized carbons (Fsp3) is 0.300. The standard InChI is InChI=1S/C10H10N2O4/c1-15-8-4-2-7(3-5-8)9-6-10(12(13)14)16-11-9/h2-5,10H,6H2,1H3. The second-order valence-corrected chi connectivity index (χ2v) is 3.32. The topological polar surface area (TPSA) is 74.0 Å². The lowest BCUT2D eigenvalue weighted by Gasteiger charge is -2.01. The monoisotopic (exact) mass is 222 g/mol. The summed E-state index contributed by atoms with van der Waals surface area (Å²) in [7, 11) is 1.58. The van der Waals surface area contributed by atoms with E-state index in [0.717, 1.165) is 11.3 Å². The molecule has 16 heavy (non-hydrogen) atoms. The highest BCUT2D eigenvalue weighted by molar-refractivity contribution is 6.01. The predicted molar refractivity (Wildman–Crippen MR) is 56.0 cm³/mol. The van der Waals surface area contributed by atoms with Gasteiger partial charge in [0.25, 0.3) is 0 Å². The van der Waals surface area contributed by atoms with Gasteiger partial charge in [0.1, 0.15) is 12.2 Å². The molecule has 0 aromatic heterocycles. The molecule has 0 bridgehead atoms. The van der Waals surface area contributed by atoms with Gasteiger partial charge in [-0.3, -0.25) is 10.1 Å². The van der Waals surface area contributed by atoms with Gasteiger partial charge in [0.05, 0.1) is 17.7 Å². The Labute approximate surface area is 91.6 Å². The third-order valence-electron chi connectivity index (χ3n) is 2.31. The summed E-state index contributed by atoms with van der Waals surface area (Å²) in [6, 6.07) is 7.14. The molecule has 0 N–H and O–H groups in total. The molecule has 1 aromatic carbocycles. The first-order chi connectivity index (χ1) is 7.70. The maximum absolute atomic E-state index is 10.5. The van der Waals surface area contributed by atoms with E-state index in [4.69, 9.17) is 9.57 Å². The van der Waals surface area contributed by atoms with Crippen molar-refractivity contribution in [3.05, 3.63) is 39.9 Å². The highest BCUT2D eigenvalue weighted by Gasteiger charge is 2.30. The maximum Gasteiger partial charge on any atom is 0.380 e. The van der Waals surface area contributed by atoms with Crippen molar-refractivity contribution in [1.82, 2.24) is 0 Å². The first kappa shape index (κ1) is 10.4. The fourth-order valence-corrected chi connectivity index (χ4v) is 1.43. The van der Waals surface area contributed by atoms with E-state index in [1.807, 2.05) is 0 Å². The van der Waals surface area contributed by atoms with Crippen LogP contribution in [-0.2, 0) is 4.84 Å². The first-order valence-corrected chi connectivity index (χ1v) is 4.71. The number of oxime groups is 1. The molecule has 0 saturated heterocycles. The van der Waals surface area contributed by atoms with Gasteiger partial charge in [0.15, 0.2) is 0 Å². The normalized spacial score (nSPS) is 18.8. The first-order valence-electron chi connectivity index (χ1n) is 4.71. The van der Waals surface area contributed by atoms with Crippen LogP contribution < -0.4 is 4.74 Å². The molecule has 1 aromatic rings. The van der Waals surface area contributed by atoms with Gasteiger partial charge in [-0.25, -0.2) is 0 Å². The van der Waals surface area contributed by atoms with E-state index in [1.165, 1.54) is 0 Å². The second kappa shape index (κ2) is 4.18. The second-order valence-electron chi connectivity index (χ2n) is 3.32. The van der Waals surface area contributed by atoms with Gasteiger partial charge in [0.2, 0.25) is 0 Å². The Morgan fingerprint density at radius 1 is 1.50 bits per heavy atom. The number of hydrogen-bond acceptors (Lipinski definition) is 5. The molecule has 1 heterocycles. The predicted octanol–water partition coefficient (Wildman–Crippen LogP) is 1.42. The zero-order valence-electron chi connectivity index (χ0n) is 8.62. The van der Waals surface area contributed by atoms with Crippen molar-refractivity contribution >= 4 is 5.71 Å². The molecule has 1 aliphatic heterocycles. The molecule has 0 amide bonds. The van der Waals surface area contributed by atoms with Crippen LogP contribution in [0.5, 0.6) is 5.75 Å². The number of nitro groups is 1. The molecule has 84 valence electrons. The summed E-state index contributed by atoms with van der Waals surface area (Å²) >= 11 is 0. The lowest BCUT2D eigenvalue weighted by molar-refractivity contribution is -0.571. The van der Waals surface area contributed by atoms with Crippen LogP contribution in [0.1, 0.15) is 12.0 Å². The molecule has 1 atom stereocenters. The molecule has 0 saturated carbocycles. The van der Waals surface area contributed by atoms with Crippen LogP contribution in [0.2, 0.25) is 0 Å². The highest BCUT2D eigenvalue weighted by atomic mass is 16.7. The summed E-state index contributed by atoms with van der Waals surface area (Å²) in [4.78, 5) is 14.7. The summed E-state index contributed by atoms with van der Waals surface area (Å²) in [6.45, 7) is 0. The van der Waals surface area contributed by atoms with Crippen LogP contribution in [0.25, 0.3) is 0 Å². The molecule has 1 unspecified atom stereocenters. The number of hydrogen-bond donors (Lipinski definition) is 0. The van der Waals surface area contributed by atoms with E-state index >= 15 is 0 Å². The van der Waals surface area contributed by atoms with Gasteiger partial charge in [0, 0.05) is 0 Å². The average Bonchev–Trinajstić information content (AvgIpc) is 2.78. The highest BCUT2D eigenvalue weighted by Crippen LogP contribution is 2.19. The van der Waals surface area contributed by atoms with E-state index in [9.17, 15) is 10.1 Å². The van der Waals surface area contributed by atoms with Gasteiger partial charge in [-0.15, -0.1) is 0 Å². The number of methoxy groups -OCH3 is 1. The molecule has 6 nitrogen and oxygen atoms in total. The van der Waals surface area contributed by atoms with Gasteiger partial charge >= 0.3 is 6.23 Å². The van der Waals surface area contributed by atoms with Crippen LogP contribution in [0.15, 0.2) is 29.4 Å². The minimum atomic E-state index is -1.06. The molecule has 0 radical (unpaired) electrons. The van der Waals surface area contributed by atoms with Crippen LogP contribution >= 0.6 is 0 Å². The summed E-state index contributed by atoms with van der Waals surface area (Å²) < 4.78 is 5.01. The molecule has 6 heteroatoms. The van der Waals surface area contributed by atoms with Gasteiger partial charge in [-0.1, -0.05) is 5.16 Å². The lowest BCUT2D eigenvalue weighted by Crippen LogP contribution is -2.18. The Kier molecular flexibility index (Phi) is 2.72. The third-order valence-corrected chi connectivity index (χ3v) is 2.31. The number of ether oxygens (including phenoxy) is 1. The Hall–Kier alpha value is -2.11. The van der Waals surface area contributed by atoms with Crippen molar-refractivity contribution in [2.75, 3.05) is 7.11 Å². The Morgan fingerprint density at radius 2 is 2.19 bits per heavy atom. The van der Waals surface area contributed by atoms with Crippen molar-refractivity contribution in [3.63, 3.8) is 0 Å². The summed E-state index contributed by atoms with van der Waals surface area (Å²) in [5.41, 5.74) is 1.40. The van der Waals surface area contributed by atoms with Crippen molar-refractivity contribution in [1.29, 1.82) is 0 Å². The SMILES string of the molecule is COc1ccc(C2=NOC([N+](=O)[O-])C2)cc1. The minimum absolute atomic E-state index is 0.194. The summed E-state index contributed by atoms with van der Waals surface area (Å²) in [6.07, 6.45) is -0.864. The fourth-order valence-electron chi connectivity index (χ4n) is 1.43. The third kappa shape index (κ3) is 1.95. The van der Waals surface area contributed by atoms with E-state index in [2.05, 4.69) is 5.16 Å². The van der Waals surface area contributed by atoms with Crippen molar-refractivity contribution in [2.24, 2.45) is 5.16 Å². The van der Waals surface area contributed by atoms with Gasteiger partial charge < -0.3 is 9.57 Å². The Balaban J connectivity index is 2.11. The molecule has 0 aliphatic carbocycles. The lowest BCUT2D eigenvalue weighted by atomic mass is 10.1. The van der Waals surface area contributed by atoms with Crippen molar-refractivity contribution in [3.8, 4) is 5.75 Å². The zero-order chi connectivity index (χ0) is 11.5. The van der Waals surface area contributed by atoms with Gasteiger partial charge in [-0.05, 0) is 29.8 Å². The van der Waals surface area contributed by atoms with Crippen LogP contribution in [0, 0.1) is 10.1 Å². The van der Waals surface area contributed by atoms with Crippen LogP contribution in [0.4, 0.5) is 0 Å². The summed E-state index contributed by atoms with van der Waals surface area (Å²) in [5.74, 6) is 0.731. The van der Waals surface area contributed by atoms with E-state index < -0.39 is 11.2 Å². The summed E-state index contributed by atoms with van der Waals surface area (Å²) in [5, 5.41) is 14.2.